The minimum Gasteiger partial charge on any atom is -0.508 e. The van der Waals surface area contributed by atoms with E-state index in [0.29, 0.717) is 38.0 Å². The molecule has 1 amide bonds. The van der Waals surface area contributed by atoms with Gasteiger partial charge in [0, 0.05) is 30.0 Å². The average molecular weight is 497 g/mol. The molecule has 3 aliphatic rings. The first-order valence-corrected chi connectivity index (χ1v) is 14.1. The smallest absolute Gasteiger partial charge is 0.240 e. The molecule has 2 N–H and O–H groups in total. The maximum Gasteiger partial charge on any atom is 0.240 e. The second kappa shape index (κ2) is 8.34. The number of rotatable bonds is 4. The molecule has 1 aliphatic heterocycles. The topological polar surface area (TPSA) is 86.7 Å². The molecule has 2 bridgehead atoms. The lowest BCUT2D eigenvalue weighted by atomic mass is 9.51. The van der Waals surface area contributed by atoms with E-state index in [9.17, 15) is 18.3 Å². The molecule has 0 aromatic heterocycles. The first-order chi connectivity index (χ1) is 16.4. The average Bonchev–Trinajstić information content (AvgIpc) is 3.24. The van der Waals surface area contributed by atoms with E-state index in [-0.39, 0.29) is 39.6 Å². The van der Waals surface area contributed by atoms with Gasteiger partial charge in [-0.15, -0.1) is 0 Å². The number of hydrogen-bond acceptors (Lipinski definition) is 4. The zero-order valence-corrected chi connectivity index (χ0v) is 21.9. The molecule has 6 nitrogen and oxygen atoms in total. The predicted molar refractivity (Wildman–Crippen MR) is 136 cm³/mol. The van der Waals surface area contributed by atoms with Crippen molar-refractivity contribution in [3.8, 4) is 5.75 Å². The molecule has 1 heterocycles. The second-order valence-corrected chi connectivity index (χ2v) is 13.2. The summed E-state index contributed by atoms with van der Waals surface area (Å²) in [5, 5.41) is 10.6. The molecule has 5 rings (SSSR count). The summed E-state index contributed by atoms with van der Waals surface area (Å²) in [6.45, 7) is 9.33. The van der Waals surface area contributed by atoms with E-state index in [1.165, 1.54) is 5.56 Å². The molecular formula is C28H36N2O4S. The minimum atomic E-state index is -3.62. The number of nitrogens with zero attached hydrogens (tertiary/aromatic N) is 1. The highest BCUT2D eigenvalue weighted by Crippen LogP contribution is 2.57. The third-order valence-corrected chi connectivity index (χ3v) is 10.8. The molecule has 7 heteroatoms. The number of sulfonamides is 1. The van der Waals surface area contributed by atoms with E-state index in [1.807, 2.05) is 24.0 Å². The van der Waals surface area contributed by atoms with Gasteiger partial charge in [0.05, 0.1) is 4.90 Å². The number of aromatic hydroxyl groups is 1. The number of carbonyl (C=O) groups excluding carboxylic acids is 1. The van der Waals surface area contributed by atoms with E-state index < -0.39 is 10.0 Å². The van der Waals surface area contributed by atoms with Gasteiger partial charge in [0.25, 0.3) is 0 Å². The van der Waals surface area contributed by atoms with Crippen LogP contribution in [0.1, 0.15) is 63.1 Å². The molecule has 35 heavy (non-hydrogen) atoms. The lowest BCUT2D eigenvalue weighted by Gasteiger charge is -2.61. The fourth-order valence-electron chi connectivity index (χ4n) is 6.81. The van der Waals surface area contributed by atoms with Crippen molar-refractivity contribution < 1.29 is 18.3 Å². The second-order valence-electron chi connectivity index (χ2n) is 11.5. The number of amides is 1. The number of nitrogens with one attached hydrogen (secondary N) is 1. The number of likely N-dealkylation sites (tertiary alicyclic amines) is 1. The Kier molecular flexibility index (Phi) is 5.80. The van der Waals surface area contributed by atoms with Crippen LogP contribution in [-0.4, -0.2) is 43.0 Å². The van der Waals surface area contributed by atoms with E-state index in [4.69, 9.17) is 0 Å². The van der Waals surface area contributed by atoms with Crippen molar-refractivity contribution in [1.29, 1.82) is 0 Å². The number of benzene rings is 2. The fourth-order valence-corrected chi connectivity index (χ4v) is 8.19. The van der Waals surface area contributed by atoms with Crippen molar-refractivity contribution in [2.75, 3.05) is 6.54 Å². The van der Waals surface area contributed by atoms with Gasteiger partial charge in [-0.1, -0.05) is 45.0 Å². The van der Waals surface area contributed by atoms with Gasteiger partial charge in [0.1, 0.15) is 5.75 Å². The van der Waals surface area contributed by atoms with Gasteiger partial charge >= 0.3 is 0 Å². The van der Waals surface area contributed by atoms with Crippen LogP contribution in [0.25, 0.3) is 0 Å². The van der Waals surface area contributed by atoms with Crippen LogP contribution in [0.3, 0.4) is 0 Å². The maximum absolute atomic E-state index is 13.8. The van der Waals surface area contributed by atoms with Gasteiger partial charge in [-0.3, -0.25) is 4.79 Å². The largest absolute Gasteiger partial charge is 0.508 e. The van der Waals surface area contributed by atoms with Gasteiger partial charge in [0.15, 0.2) is 0 Å². The lowest BCUT2D eigenvalue weighted by molar-refractivity contribution is -0.148. The summed E-state index contributed by atoms with van der Waals surface area (Å²) in [6, 6.07) is 12.4. The molecule has 0 spiro atoms. The summed E-state index contributed by atoms with van der Waals surface area (Å²) in [5.74, 6) is 0.252. The highest BCUT2D eigenvalue weighted by molar-refractivity contribution is 7.89. The Morgan fingerprint density at radius 2 is 1.86 bits per heavy atom. The third kappa shape index (κ3) is 3.87. The number of hydrogen-bond donors (Lipinski definition) is 2. The quantitative estimate of drug-likeness (QED) is 0.661. The zero-order valence-electron chi connectivity index (χ0n) is 21.0. The Labute approximate surface area is 208 Å². The molecule has 0 radical (unpaired) electrons. The van der Waals surface area contributed by atoms with Crippen LogP contribution in [-0.2, 0) is 26.7 Å². The Morgan fingerprint density at radius 3 is 2.60 bits per heavy atom. The maximum atomic E-state index is 13.8. The number of piperidine rings is 1. The highest BCUT2D eigenvalue weighted by Gasteiger charge is 2.57. The van der Waals surface area contributed by atoms with Gasteiger partial charge in [-0.25, -0.2) is 13.1 Å². The Balaban J connectivity index is 1.33. The summed E-state index contributed by atoms with van der Waals surface area (Å²) in [7, 11) is -3.62. The number of aryl methyl sites for hydroxylation is 1. The standard InChI is InChI=1S/C28H36N2O4S/c1-18-7-5-8-21(15-18)35(33,34)29-20-12-11-19(16-20)26(32)30-14-13-28(4)23-9-6-10-24(31)22(23)17-25(30)27(28,2)3/h5-10,15,19-20,25,29,31H,11-14,16-17H2,1-4H3/t19-,20-,25-,28+/m1/s1. The van der Waals surface area contributed by atoms with Crippen molar-refractivity contribution >= 4 is 15.9 Å². The van der Waals surface area contributed by atoms with E-state index in [0.717, 1.165) is 17.5 Å². The monoisotopic (exact) mass is 496 g/mol. The Hall–Kier alpha value is -2.38. The molecule has 188 valence electrons. The Morgan fingerprint density at radius 1 is 1.11 bits per heavy atom. The van der Waals surface area contributed by atoms with Crippen LogP contribution in [0.2, 0.25) is 0 Å². The summed E-state index contributed by atoms with van der Waals surface area (Å²) >= 11 is 0. The molecule has 2 aliphatic carbocycles. The molecular weight excluding hydrogens is 460 g/mol. The number of phenolic OH excluding ortho intramolecular Hbond substituents is 1. The number of fused-ring (bicyclic) bond motifs is 4. The summed E-state index contributed by atoms with van der Waals surface area (Å²) in [4.78, 5) is 16.1. The third-order valence-electron chi connectivity index (χ3n) is 9.31. The lowest BCUT2D eigenvalue weighted by Crippen LogP contribution is -2.65. The molecule has 2 fully saturated rings. The Bertz CT molecular complexity index is 1270. The molecule has 2 aromatic rings. The summed E-state index contributed by atoms with van der Waals surface area (Å²) in [5.41, 5.74) is 2.80. The van der Waals surface area contributed by atoms with Gasteiger partial charge < -0.3 is 10.0 Å². The van der Waals surface area contributed by atoms with Crippen LogP contribution in [0.15, 0.2) is 47.4 Å². The minimum absolute atomic E-state index is 0.00224. The van der Waals surface area contributed by atoms with Gasteiger partial charge in [-0.2, -0.15) is 0 Å². The first kappa shape index (κ1) is 24.3. The summed E-state index contributed by atoms with van der Waals surface area (Å²) in [6.07, 6.45) is 3.35. The van der Waals surface area contributed by atoms with Crippen LogP contribution in [0, 0.1) is 18.3 Å². The van der Waals surface area contributed by atoms with Gasteiger partial charge in [-0.05, 0) is 79.3 Å². The molecule has 0 unspecified atom stereocenters. The van der Waals surface area contributed by atoms with E-state index in [2.05, 4.69) is 31.6 Å². The van der Waals surface area contributed by atoms with Crippen molar-refractivity contribution in [1.82, 2.24) is 9.62 Å². The molecule has 1 saturated carbocycles. The molecule has 1 saturated heterocycles. The van der Waals surface area contributed by atoms with Crippen molar-refractivity contribution in [2.45, 2.75) is 82.2 Å². The van der Waals surface area contributed by atoms with Crippen LogP contribution in [0.4, 0.5) is 0 Å². The van der Waals surface area contributed by atoms with Gasteiger partial charge in [0.2, 0.25) is 15.9 Å². The van der Waals surface area contributed by atoms with Crippen LogP contribution >= 0.6 is 0 Å². The first-order valence-electron chi connectivity index (χ1n) is 12.6. The number of carbonyl (C=O) groups is 1. The van der Waals surface area contributed by atoms with E-state index >= 15 is 0 Å². The number of phenols is 1. The van der Waals surface area contributed by atoms with E-state index in [1.54, 1.807) is 24.3 Å². The SMILES string of the molecule is Cc1cccc(S(=O)(=O)N[C@@H]2CC[C@@H](C(=O)N3CC[C@@]4(C)c5cccc(O)c5C[C@@H]3C4(C)C)C2)c1. The summed E-state index contributed by atoms with van der Waals surface area (Å²) < 4.78 is 28.6. The van der Waals surface area contributed by atoms with Crippen molar-refractivity contribution in [3.05, 3.63) is 59.2 Å². The van der Waals surface area contributed by atoms with Crippen LogP contribution in [0.5, 0.6) is 5.75 Å². The predicted octanol–water partition coefficient (Wildman–Crippen LogP) is 4.29. The zero-order chi connectivity index (χ0) is 25.2. The fraction of sp³-hybridized carbons (Fsp3) is 0.536. The van der Waals surface area contributed by atoms with Crippen LogP contribution < -0.4 is 4.72 Å². The normalized spacial score (nSPS) is 29.6. The molecule has 4 atom stereocenters. The molecule has 2 aromatic carbocycles. The van der Waals surface area contributed by atoms with Crippen molar-refractivity contribution in [3.63, 3.8) is 0 Å². The highest BCUT2D eigenvalue weighted by atomic mass is 32.2. The van der Waals surface area contributed by atoms with Crippen molar-refractivity contribution in [2.24, 2.45) is 11.3 Å².